The second-order valence-electron chi connectivity index (χ2n) is 2.97. The molecule has 15 heavy (non-hydrogen) atoms. The van der Waals surface area contributed by atoms with Crippen LogP contribution in [0.2, 0.25) is 0 Å². The Hall–Kier alpha value is -1.17. The van der Waals surface area contributed by atoms with E-state index in [4.69, 9.17) is 5.73 Å². The van der Waals surface area contributed by atoms with E-state index in [1.807, 2.05) is 0 Å². The molecule has 0 unspecified atom stereocenters. The summed E-state index contributed by atoms with van der Waals surface area (Å²) in [5.74, 6) is -1.50. The van der Waals surface area contributed by atoms with Gasteiger partial charge in [-0.25, -0.2) is 8.78 Å². The third kappa shape index (κ3) is 2.44. The highest BCUT2D eigenvalue weighted by Gasteiger charge is 2.35. The average molecular weight is 225 g/mol. The lowest BCUT2D eigenvalue weighted by Crippen LogP contribution is -2.17. The lowest BCUT2D eigenvalue weighted by Gasteiger charge is -2.13. The molecular formula is C9H8F5N. The third-order valence-electron chi connectivity index (χ3n) is 1.90. The minimum Gasteiger partial charge on any atom is -0.322 e. The molecule has 1 atom stereocenters. The first-order valence-electron chi connectivity index (χ1n) is 4.05. The van der Waals surface area contributed by atoms with Crippen molar-refractivity contribution in [3.05, 3.63) is 35.1 Å². The Morgan fingerprint density at radius 3 is 2.33 bits per heavy atom. The second-order valence-corrected chi connectivity index (χ2v) is 2.97. The van der Waals surface area contributed by atoms with E-state index in [9.17, 15) is 22.0 Å². The molecule has 1 aromatic carbocycles. The number of hydrogen-bond donors (Lipinski definition) is 1. The van der Waals surface area contributed by atoms with Crippen LogP contribution in [0.4, 0.5) is 22.0 Å². The second kappa shape index (κ2) is 4.14. The summed E-state index contributed by atoms with van der Waals surface area (Å²) < 4.78 is 62.0. The summed E-state index contributed by atoms with van der Waals surface area (Å²) >= 11 is 0. The first-order chi connectivity index (χ1) is 6.88. The fourth-order valence-electron chi connectivity index (χ4n) is 1.14. The predicted molar refractivity (Wildman–Crippen MR) is 44.3 cm³/mol. The zero-order chi connectivity index (χ0) is 11.6. The molecule has 0 spiro atoms. The van der Waals surface area contributed by atoms with Crippen molar-refractivity contribution in [3.8, 4) is 0 Å². The number of nitrogens with two attached hydrogens (primary N) is 1. The molecule has 0 saturated heterocycles. The zero-order valence-corrected chi connectivity index (χ0v) is 7.48. The first kappa shape index (κ1) is 11.9. The van der Waals surface area contributed by atoms with E-state index in [1.54, 1.807) is 0 Å². The monoisotopic (exact) mass is 225 g/mol. The lowest BCUT2D eigenvalue weighted by molar-refractivity contribution is -0.140. The van der Waals surface area contributed by atoms with E-state index in [0.29, 0.717) is 6.07 Å². The van der Waals surface area contributed by atoms with Gasteiger partial charge in [-0.3, -0.25) is 0 Å². The summed E-state index contributed by atoms with van der Waals surface area (Å²) in [5, 5.41) is 0. The maximum Gasteiger partial charge on any atom is 0.419 e. The maximum absolute atomic E-state index is 13.2. The van der Waals surface area contributed by atoms with Crippen molar-refractivity contribution in [1.82, 2.24) is 0 Å². The topological polar surface area (TPSA) is 26.0 Å². The molecule has 0 aliphatic rings. The molecule has 2 N–H and O–H groups in total. The van der Waals surface area contributed by atoms with Crippen molar-refractivity contribution >= 4 is 0 Å². The van der Waals surface area contributed by atoms with Crippen LogP contribution in [0.3, 0.4) is 0 Å². The molecule has 0 fully saturated rings. The fraction of sp³-hybridized carbons (Fsp3) is 0.333. The highest BCUT2D eigenvalue weighted by Crippen LogP contribution is 2.33. The minimum absolute atomic E-state index is 0.465. The van der Waals surface area contributed by atoms with Crippen LogP contribution < -0.4 is 5.73 Å². The number of benzene rings is 1. The molecule has 0 aliphatic heterocycles. The molecule has 0 saturated carbocycles. The highest BCUT2D eigenvalue weighted by atomic mass is 19.4. The van der Waals surface area contributed by atoms with Gasteiger partial charge in [0.2, 0.25) is 0 Å². The summed E-state index contributed by atoms with van der Waals surface area (Å²) in [6, 6.07) is 1.25. The summed E-state index contributed by atoms with van der Waals surface area (Å²) in [5.41, 5.74) is 3.23. The number of rotatable bonds is 2. The summed E-state index contributed by atoms with van der Waals surface area (Å²) in [7, 11) is 0. The van der Waals surface area contributed by atoms with E-state index < -0.39 is 35.8 Å². The zero-order valence-electron chi connectivity index (χ0n) is 7.48. The van der Waals surface area contributed by atoms with E-state index in [-0.39, 0.29) is 0 Å². The van der Waals surface area contributed by atoms with Crippen molar-refractivity contribution < 1.29 is 22.0 Å². The normalized spacial score (nSPS) is 14.0. The Kier molecular flexibility index (Phi) is 3.28. The van der Waals surface area contributed by atoms with Crippen LogP contribution >= 0.6 is 0 Å². The number of hydrogen-bond acceptors (Lipinski definition) is 1. The molecule has 6 heteroatoms. The molecule has 0 aromatic heterocycles. The van der Waals surface area contributed by atoms with E-state index in [1.165, 1.54) is 0 Å². The van der Waals surface area contributed by atoms with Gasteiger partial charge in [0.25, 0.3) is 0 Å². The van der Waals surface area contributed by atoms with Gasteiger partial charge in [0.05, 0.1) is 11.6 Å². The Balaban J connectivity index is 3.23. The SMILES string of the molecule is N[C@@H](CF)c1cccc(C(F)(F)F)c1F. The van der Waals surface area contributed by atoms with Gasteiger partial charge in [-0.1, -0.05) is 12.1 Å². The van der Waals surface area contributed by atoms with E-state index >= 15 is 0 Å². The van der Waals surface area contributed by atoms with Gasteiger partial charge in [-0.05, 0) is 6.07 Å². The van der Waals surface area contributed by atoms with Crippen molar-refractivity contribution in [2.24, 2.45) is 5.73 Å². The maximum atomic E-state index is 13.2. The van der Waals surface area contributed by atoms with Crippen molar-refractivity contribution in [3.63, 3.8) is 0 Å². The fourth-order valence-corrected chi connectivity index (χ4v) is 1.14. The molecule has 84 valence electrons. The number of alkyl halides is 4. The van der Waals surface area contributed by atoms with Gasteiger partial charge in [0.15, 0.2) is 0 Å². The Morgan fingerprint density at radius 2 is 1.87 bits per heavy atom. The van der Waals surface area contributed by atoms with Crippen LogP contribution in [0.5, 0.6) is 0 Å². The molecule has 0 amide bonds. The van der Waals surface area contributed by atoms with Crippen LogP contribution in [-0.2, 0) is 6.18 Å². The first-order valence-corrected chi connectivity index (χ1v) is 4.05. The van der Waals surface area contributed by atoms with E-state index in [0.717, 1.165) is 12.1 Å². The molecule has 1 aromatic rings. The highest BCUT2D eigenvalue weighted by molar-refractivity contribution is 5.30. The summed E-state index contributed by atoms with van der Waals surface area (Å²) in [4.78, 5) is 0. The Morgan fingerprint density at radius 1 is 1.27 bits per heavy atom. The molecule has 0 heterocycles. The third-order valence-corrected chi connectivity index (χ3v) is 1.90. The van der Waals surface area contributed by atoms with Crippen LogP contribution in [0.25, 0.3) is 0 Å². The molecule has 0 bridgehead atoms. The Bertz CT molecular complexity index is 347. The van der Waals surface area contributed by atoms with Gasteiger partial charge in [-0.2, -0.15) is 13.2 Å². The summed E-state index contributed by atoms with van der Waals surface area (Å²) in [6.07, 6.45) is -4.80. The van der Waals surface area contributed by atoms with Gasteiger partial charge < -0.3 is 5.73 Å². The average Bonchev–Trinajstić information content (AvgIpc) is 2.15. The largest absolute Gasteiger partial charge is 0.419 e. The minimum atomic E-state index is -4.80. The molecule has 1 rings (SSSR count). The lowest BCUT2D eigenvalue weighted by atomic mass is 10.0. The van der Waals surface area contributed by atoms with Crippen LogP contribution in [0.15, 0.2) is 18.2 Å². The molecular weight excluding hydrogens is 217 g/mol. The van der Waals surface area contributed by atoms with Gasteiger partial charge in [0, 0.05) is 5.56 Å². The van der Waals surface area contributed by atoms with Crippen molar-refractivity contribution in [2.75, 3.05) is 6.67 Å². The quantitative estimate of drug-likeness (QED) is 0.769. The van der Waals surface area contributed by atoms with Gasteiger partial charge in [0.1, 0.15) is 12.5 Å². The van der Waals surface area contributed by atoms with Crippen LogP contribution in [0.1, 0.15) is 17.2 Å². The van der Waals surface area contributed by atoms with Crippen LogP contribution in [-0.4, -0.2) is 6.67 Å². The van der Waals surface area contributed by atoms with Crippen molar-refractivity contribution in [2.45, 2.75) is 12.2 Å². The Labute approximate surface area is 82.7 Å². The molecule has 0 radical (unpaired) electrons. The number of halogens is 5. The summed E-state index contributed by atoms with van der Waals surface area (Å²) in [6.45, 7) is -1.11. The van der Waals surface area contributed by atoms with Gasteiger partial charge >= 0.3 is 6.18 Å². The van der Waals surface area contributed by atoms with Crippen LogP contribution in [0, 0.1) is 5.82 Å². The van der Waals surface area contributed by atoms with Crippen molar-refractivity contribution in [1.29, 1.82) is 0 Å². The predicted octanol–water partition coefficient (Wildman–Crippen LogP) is 2.81. The van der Waals surface area contributed by atoms with Gasteiger partial charge in [-0.15, -0.1) is 0 Å². The molecule has 1 nitrogen and oxygen atoms in total. The smallest absolute Gasteiger partial charge is 0.322 e. The standard InChI is InChI=1S/C9H8F5N/c10-4-7(15)5-2-1-3-6(8(5)11)9(12,13)14/h1-3,7H,4,15H2/t7-/m0/s1. The van der Waals surface area contributed by atoms with E-state index in [2.05, 4.69) is 0 Å². The molecule has 0 aliphatic carbocycles.